The number of alkyl halides is 3. The minimum Gasteiger partial charge on any atom is -0.315 e. The third-order valence-electron chi connectivity index (χ3n) is 4.62. The quantitative estimate of drug-likeness (QED) is 0.840. The van der Waals surface area contributed by atoms with Gasteiger partial charge in [-0.1, -0.05) is 32.4 Å². The van der Waals surface area contributed by atoms with Gasteiger partial charge in [0.05, 0.1) is 22.0 Å². The zero-order valence-electron chi connectivity index (χ0n) is 15.3. The van der Waals surface area contributed by atoms with E-state index in [1.807, 2.05) is 20.8 Å². The first kappa shape index (κ1) is 19.5. The van der Waals surface area contributed by atoms with Crippen LogP contribution >= 0.6 is 11.6 Å². The Hall–Kier alpha value is -1.31. The van der Waals surface area contributed by atoms with Crippen molar-refractivity contribution >= 4 is 17.2 Å². The Bertz CT molecular complexity index is 784. The Morgan fingerprint density at radius 3 is 2.58 bits per heavy atom. The molecule has 1 aliphatic heterocycles. The molecular weight excluding hydrogens is 365 g/mol. The SMILES string of the molecule is CC(C)(C)c1nc2c(Cl)cc(C(F)(F)F)cn2c1CN1CCCNCC1. The smallest absolute Gasteiger partial charge is 0.315 e. The number of imidazole rings is 1. The highest BCUT2D eigenvalue weighted by Crippen LogP contribution is 2.35. The van der Waals surface area contributed by atoms with Crippen molar-refractivity contribution in [2.45, 2.75) is 45.3 Å². The summed E-state index contributed by atoms with van der Waals surface area (Å²) in [6, 6.07) is 0.954. The van der Waals surface area contributed by atoms with Crippen LogP contribution in [0.2, 0.25) is 5.02 Å². The minimum absolute atomic E-state index is 0.0223. The topological polar surface area (TPSA) is 32.6 Å². The van der Waals surface area contributed by atoms with E-state index in [4.69, 9.17) is 11.6 Å². The van der Waals surface area contributed by atoms with Crippen molar-refractivity contribution < 1.29 is 13.2 Å². The molecular formula is C18H24ClF3N4. The highest BCUT2D eigenvalue weighted by molar-refractivity contribution is 6.33. The Labute approximate surface area is 156 Å². The Balaban J connectivity index is 2.14. The van der Waals surface area contributed by atoms with Gasteiger partial charge in [0.1, 0.15) is 0 Å². The van der Waals surface area contributed by atoms with Crippen molar-refractivity contribution in [1.29, 1.82) is 0 Å². The van der Waals surface area contributed by atoms with Crippen molar-refractivity contribution in [3.63, 3.8) is 0 Å². The highest BCUT2D eigenvalue weighted by Gasteiger charge is 2.33. The Kier molecular flexibility index (Phi) is 5.25. The third kappa shape index (κ3) is 4.00. The van der Waals surface area contributed by atoms with Crippen LogP contribution in [-0.4, -0.2) is 40.5 Å². The maximum absolute atomic E-state index is 13.3. The standard InChI is InChI=1S/C18H24ClF3N4/c1-17(2,3)15-14(11-25-7-4-5-23-6-8-25)26-10-12(18(20,21)22)9-13(19)16(26)24-15/h9-10,23H,4-8,11H2,1-3H3. The molecule has 1 N–H and O–H groups in total. The van der Waals surface area contributed by atoms with Gasteiger partial charge >= 0.3 is 6.18 Å². The molecule has 0 bridgehead atoms. The van der Waals surface area contributed by atoms with Gasteiger partial charge in [-0.3, -0.25) is 4.90 Å². The number of rotatable bonds is 2. The highest BCUT2D eigenvalue weighted by atomic mass is 35.5. The maximum atomic E-state index is 13.3. The predicted octanol–water partition coefficient (Wildman–Crippen LogP) is 4.10. The summed E-state index contributed by atoms with van der Waals surface area (Å²) in [6.45, 7) is 10.2. The van der Waals surface area contributed by atoms with E-state index in [1.165, 1.54) is 4.40 Å². The van der Waals surface area contributed by atoms with Crippen LogP contribution in [0.15, 0.2) is 12.3 Å². The van der Waals surface area contributed by atoms with E-state index in [0.717, 1.165) is 56.3 Å². The second-order valence-electron chi connectivity index (χ2n) is 7.80. The van der Waals surface area contributed by atoms with Gasteiger partial charge in [0.15, 0.2) is 5.65 Å². The number of hydrogen-bond donors (Lipinski definition) is 1. The molecule has 0 aliphatic carbocycles. The van der Waals surface area contributed by atoms with Gasteiger partial charge in [0.25, 0.3) is 0 Å². The summed E-state index contributed by atoms with van der Waals surface area (Å²) in [4.78, 5) is 6.87. The Morgan fingerprint density at radius 2 is 1.92 bits per heavy atom. The average molecular weight is 389 g/mol. The van der Waals surface area contributed by atoms with Gasteiger partial charge in [-0.05, 0) is 25.6 Å². The molecule has 2 aromatic rings. The molecule has 1 fully saturated rings. The third-order valence-corrected chi connectivity index (χ3v) is 4.90. The van der Waals surface area contributed by atoms with E-state index in [0.29, 0.717) is 12.2 Å². The van der Waals surface area contributed by atoms with E-state index in [9.17, 15) is 13.2 Å². The largest absolute Gasteiger partial charge is 0.417 e. The van der Waals surface area contributed by atoms with Crippen LogP contribution < -0.4 is 5.32 Å². The summed E-state index contributed by atoms with van der Waals surface area (Å²) in [5.74, 6) is 0. The molecule has 0 amide bonds. The van der Waals surface area contributed by atoms with E-state index < -0.39 is 11.7 Å². The molecule has 26 heavy (non-hydrogen) atoms. The molecule has 8 heteroatoms. The predicted molar refractivity (Wildman–Crippen MR) is 96.7 cm³/mol. The number of aromatic nitrogens is 2. The van der Waals surface area contributed by atoms with E-state index >= 15 is 0 Å². The summed E-state index contributed by atoms with van der Waals surface area (Å²) in [7, 11) is 0. The fourth-order valence-electron chi connectivity index (χ4n) is 3.33. The van der Waals surface area contributed by atoms with Crippen LogP contribution in [0.25, 0.3) is 5.65 Å². The molecule has 3 rings (SSSR count). The lowest BCUT2D eigenvalue weighted by atomic mass is 9.90. The van der Waals surface area contributed by atoms with Crippen LogP contribution in [0.5, 0.6) is 0 Å². The zero-order chi connectivity index (χ0) is 19.1. The van der Waals surface area contributed by atoms with Crippen molar-refractivity contribution in [2.24, 2.45) is 0 Å². The fourth-order valence-corrected chi connectivity index (χ4v) is 3.58. The molecule has 144 valence electrons. The van der Waals surface area contributed by atoms with Crippen molar-refractivity contribution in [3.8, 4) is 0 Å². The normalized spacial score (nSPS) is 17.7. The first-order valence-corrected chi connectivity index (χ1v) is 9.16. The lowest BCUT2D eigenvalue weighted by Gasteiger charge is -2.23. The van der Waals surface area contributed by atoms with Crippen LogP contribution in [0, 0.1) is 0 Å². The first-order valence-electron chi connectivity index (χ1n) is 8.78. The van der Waals surface area contributed by atoms with Crippen LogP contribution in [0.3, 0.4) is 0 Å². The molecule has 2 aromatic heterocycles. The Morgan fingerprint density at radius 1 is 1.19 bits per heavy atom. The van der Waals surface area contributed by atoms with Crippen molar-refractivity contribution in [2.75, 3.05) is 26.2 Å². The first-order chi connectivity index (χ1) is 12.1. The van der Waals surface area contributed by atoms with Crippen LogP contribution in [-0.2, 0) is 18.1 Å². The molecule has 0 saturated carbocycles. The molecule has 0 atom stereocenters. The number of halogens is 4. The van der Waals surface area contributed by atoms with Gasteiger partial charge < -0.3 is 9.72 Å². The van der Waals surface area contributed by atoms with Gasteiger partial charge in [-0.2, -0.15) is 13.2 Å². The van der Waals surface area contributed by atoms with Gasteiger partial charge in [-0.25, -0.2) is 4.98 Å². The summed E-state index contributed by atoms with van der Waals surface area (Å²) >= 11 is 6.17. The van der Waals surface area contributed by atoms with Gasteiger partial charge in [0.2, 0.25) is 0 Å². The van der Waals surface area contributed by atoms with Crippen molar-refractivity contribution in [3.05, 3.63) is 34.2 Å². The average Bonchev–Trinajstić information content (AvgIpc) is 2.71. The molecule has 0 radical (unpaired) electrons. The van der Waals surface area contributed by atoms with E-state index in [1.54, 1.807) is 0 Å². The number of nitrogens with zero attached hydrogens (tertiary/aromatic N) is 3. The van der Waals surface area contributed by atoms with Crippen LogP contribution in [0.4, 0.5) is 13.2 Å². The van der Waals surface area contributed by atoms with E-state index in [-0.39, 0.29) is 10.4 Å². The summed E-state index contributed by atoms with van der Waals surface area (Å²) < 4.78 is 41.3. The molecule has 1 aliphatic rings. The second-order valence-corrected chi connectivity index (χ2v) is 8.21. The molecule has 0 spiro atoms. The molecule has 0 unspecified atom stereocenters. The van der Waals surface area contributed by atoms with Gasteiger partial charge in [-0.15, -0.1) is 0 Å². The molecule has 3 heterocycles. The maximum Gasteiger partial charge on any atom is 0.417 e. The van der Waals surface area contributed by atoms with Gasteiger partial charge in [0, 0.05) is 31.2 Å². The lowest BCUT2D eigenvalue weighted by molar-refractivity contribution is -0.137. The summed E-state index contributed by atoms with van der Waals surface area (Å²) in [5, 5.41) is 3.37. The van der Waals surface area contributed by atoms with Crippen LogP contribution in [0.1, 0.15) is 44.1 Å². The molecule has 4 nitrogen and oxygen atoms in total. The number of fused-ring (bicyclic) bond motifs is 1. The summed E-state index contributed by atoms with van der Waals surface area (Å²) in [6.07, 6.45) is -2.32. The van der Waals surface area contributed by atoms with E-state index in [2.05, 4.69) is 15.2 Å². The number of nitrogens with one attached hydrogen (secondary N) is 1. The number of hydrogen-bond acceptors (Lipinski definition) is 3. The lowest BCUT2D eigenvalue weighted by Crippen LogP contribution is -2.29. The fraction of sp³-hybridized carbons (Fsp3) is 0.611. The molecule has 1 saturated heterocycles. The second kappa shape index (κ2) is 7.02. The molecule has 0 aromatic carbocycles. The number of pyridine rings is 1. The summed E-state index contributed by atoms with van der Waals surface area (Å²) in [5.41, 5.74) is 0.894. The van der Waals surface area contributed by atoms with Crippen molar-refractivity contribution in [1.82, 2.24) is 19.6 Å². The zero-order valence-corrected chi connectivity index (χ0v) is 16.0. The monoisotopic (exact) mass is 388 g/mol. The minimum atomic E-state index is -4.45.